The van der Waals surface area contributed by atoms with Gasteiger partial charge in [-0.1, -0.05) is 17.7 Å². The van der Waals surface area contributed by atoms with E-state index in [-0.39, 0.29) is 0 Å². The zero-order chi connectivity index (χ0) is 11.7. The fraction of sp³-hybridized carbons (Fsp3) is 0.385. The maximum absolute atomic E-state index is 6.21. The maximum atomic E-state index is 6.21. The lowest BCUT2D eigenvalue weighted by molar-refractivity contribution is 0.765. The Labute approximate surface area is 101 Å². The average Bonchev–Trinajstić information content (AvgIpc) is 2.60. The molecule has 86 valence electrons. The number of hydrogen-bond donors (Lipinski definition) is 1. The first-order chi connectivity index (χ1) is 7.65. The van der Waals surface area contributed by atoms with Gasteiger partial charge in [-0.3, -0.25) is 0 Å². The molecule has 0 aliphatic carbocycles. The third kappa shape index (κ3) is 1.83. The number of hydrogen-bond acceptors (Lipinski definition) is 1. The molecule has 2 aromatic rings. The van der Waals surface area contributed by atoms with Gasteiger partial charge in [0.15, 0.2) is 0 Å². The summed E-state index contributed by atoms with van der Waals surface area (Å²) >= 11 is 6.21. The van der Waals surface area contributed by atoms with Crippen LogP contribution in [0.15, 0.2) is 18.2 Å². The molecule has 0 aliphatic rings. The predicted octanol–water partition coefficient (Wildman–Crippen LogP) is 3.03. The van der Waals surface area contributed by atoms with Crippen molar-refractivity contribution < 1.29 is 0 Å². The van der Waals surface area contributed by atoms with Crippen LogP contribution in [0, 0.1) is 6.92 Å². The van der Waals surface area contributed by atoms with Crippen molar-refractivity contribution in [2.24, 2.45) is 12.8 Å². The quantitative estimate of drug-likeness (QED) is 0.873. The van der Waals surface area contributed by atoms with Gasteiger partial charge in [-0.25, -0.2) is 0 Å². The van der Waals surface area contributed by atoms with Crippen molar-refractivity contribution in [2.75, 3.05) is 6.54 Å². The standard InChI is InChI=1S/C13H17ClN2/c1-9-5-6-12(14)11-8-10(4-3-7-15)16(2)13(9)11/h5-6,8H,3-4,7,15H2,1-2H3. The van der Waals surface area contributed by atoms with E-state index in [2.05, 4.69) is 30.7 Å². The number of halogens is 1. The lowest BCUT2D eigenvalue weighted by atomic mass is 10.1. The van der Waals surface area contributed by atoms with Gasteiger partial charge in [0.05, 0.1) is 5.52 Å². The fourth-order valence-corrected chi connectivity index (χ4v) is 2.41. The highest BCUT2D eigenvalue weighted by Gasteiger charge is 2.10. The highest BCUT2D eigenvalue weighted by atomic mass is 35.5. The van der Waals surface area contributed by atoms with Crippen molar-refractivity contribution in [3.8, 4) is 0 Å². The molecule has 0 unspecified atom stereocenters. The van der Waals surface area contributed by atoms with E-state index in [1.54, 1.807) is 0 Å². The molecule has 0 radical (unpaired) electrons. The van der Waals surface area contributed by atoms with Crippen LogP contribution in [0.1, 0.15) is 17.7 Å². The van der Waals surface area contributed by atoms with Crippen molar-refractivity contribution in [2.45, 2.75) is 19.8 Å². The van der Waals surface area contributed by atoms with Crippen molar-refractivity contribution in [3.63, 3.8) is 0 Å². The predicted molar refractivity (Wildman–Crippen MR) is 70.0 cm³/mol. The van der Waals surface area contributed by atoms with Gasteiger partial charge in [-0.2, -0.15) is 0 Å². The molecule has 2 nitrogen and oxygen atoms in total. The van der Waals surface area contributed by atoms with E-state index in [1.807, 2.05) is 6.07 Å². The van der Waals surface area contributed by atoms with Gasteiger partial charge in [-0.05, 0) is 44.0 Å². The highest BCUT2D eigenvalue weighted by Crippen LogP contribution is 2.29. The first kappa shape index (κ1) is 11.5. The lowest BCUT2D eigenvalue weighted by Crippen LogP contribution is -2.03. The van der Waals surface area contributed by atoms with Crippen LogP contribution in [0.3, 0.4) is 0 Å². The van der Waals surface area contributed by atoms with Gasteiger partial charge in [-0.15, -0.1) is 0 Å². The van der Waals surface area contributed by atoms with Crippen molar-refractivity contribution in [1.82, 2.24) is 4.57 Å². The lowest BCUT2D eigenvalue weighted by Gasteiger charge is -2.05. The second-order valence-corrected chi connectivity index (χ2v) is 4.62. The molecule has 0 aliphatic heterocycles. The molecule has 0 atom stereocenters. The van der Waals surface area contributed by atoms with Crippen molar-refractivity contribution in [1.29, 1.82) is 0 Å². The number of nitrogens with zero attached hydrogens (tertiary/aromatic N) is 1. The van der Waals surface area contributed by atoms with Crippen LogP contribution in [0.25, 0.3) is 10.9 Å². The fourth-order valence-electron chi connectivity index (χ4n) is 2.21. The van der Waals surface area contributed by atoms with E-state index in [0.717, 1.165) is 29.8 Å². The Hall–Kier alpha value is -0.990. The highest BCUT2D eigenvalue weighted by molar-refractivity contribution is 6.35. The van der Waals surface area contributed by atoms with Crippen molar-refractivity contribution in [3.05, 3.63) is 34.5 Å². The van der Waals surface area contributed by atoms with Gasteiger partial charge >= 0.3 is 0 Å². The van der Waals surface area contributed by atoms with E-state index < -0.39 is 0 Å². The van der Waals surface area contributed by atoms with Gasteiger partial charge in [0, 0.05) is 23.2 Å². The summed E-state index contributed by atoms with van der Waals surface area (Å²) in [6.07, 6.45) is 2.03. The summed E-state index contributed by atoms with van der Waals surface area (Å²) < 4.78 is 2.23. The van der Waals surface area contributed by atoms with Crippen LogP contribution in [-0.2, 0) is 13.5 Å². The molecule has 1 aromatic carbocycles. The summed E-state index contributed by atoms with van der Waals surface area (Å²) in [4.78, 5) is 0. The molecular formula is C13H17ClN2. The summed E-state index contributed by atoms with van der Waals surface area (Å²) in [7, 11) is 2.09. The third-order valence-corrected chi connectivity index (χ3v) is 3.41. The minimum absolute atomic E-state index is 0.730. The van der Waals surface area contributed by atoms with Crippen LogP contribution in [-0.4, -0.2) is 11.1 Å². The van der Waals surface area contributed by atoms with E-state index in [9.17, 15) is 0 Å². The van der Waals surface area contributed by atoms with Crippen LogP contribution in [0.5, 0.6) is 0 Å². The molecule has 0 fully saturated rings. The van der Waals surface area contributed by atoms with Gasteiger partial charge in [0.1, 0.15) is 0 Å². The molecule has 1 heterocycles. The molecule has 2 rings (SSSR count). The summed E-state index contributed by atoms with van der Waals surface area (Å²) in [5.41, 5.74) is 9.35. The zero-order valence-corrected chi connectivity index (χ0v) is 10.5. The number of aryl methyl sites for hydroxylation is 3. The van der Waals surface area contributed by atoms with Gasteiger partial charge < -0.3 is 10.3 Å². The smallest absolute Gasteiger partial charge is 0.0524 e. The monoisotopic (exact) mass is 236 g/mol. The molecule has 0 bridgehead atoms. The Morgan fingerprint density at radius 3 is 2.75 bits per heavy atom. The minimum atomic E-state index is 0.730. The van der Waals surface area contributed by atoms with Crippen LogP contribution in [0.2, 0.25) is 5.02 Å². The number of nitrogens with two attached hydrogens (primary N) is 1. The van der Waals surface area contributed by atoms with Crippen LogP contribution in [0.4, 0.5) is 0 Å². The van der Waals surface area contributed by atoms with Crippen LogP contribution < -0.4 is 5.73 Å². The Bertz CT molecular complexity index is 514. The Morgan fingerprint density at radius 1 is 1.38 bits per heavy atom. The first-order valence-electron chi connectivity index (χ1n) is 5.58. The zero-order valence-electron chi connectivity index (χ0n) is 9.76. The minimum Gasteiger partial charge on any atom is -0.347 e. The number of aromatic nitrogens is 1. The second kappa shape index (κ2) is 4.48. The number of fused-ring (bicyclic) bond motifs is 1. The first-order valence-corrected chi connectivity index (χ1v) is 5.96. The molecule has 0 amide bonds. The van der Waals surface area contributed by atoms with Gasteiger partial charge in [0.25, 0.3) is 0 Å². The largest absolute Gasteiger partial charge is 0.347 e. The molecular weight excluding hydrogens is 220 g/mol. The molecule has 2 N–H and O–H groups in total. The molecule has 0 saturated carbocycles. The van der Waals surface area contributed by atoms with E-state index in [1.165, 1.54) is 16.8 Å². The average molecular weight is 237 g/mol. The van der Waals surface area contributed by atoms with Gasteiger partial charge in [0.2, 0.25) is 0 Å². The third-order valence-electron chi connectivity index (χ3n) is 3.08. The summed E-state index contributed by atoms with van der Waals surface area (Å²) in [6.45, 7) is 2.85. The summed E-state index contributed by atoms with van der Waals surface area (Å²) in [6, 6.07) is 6.21. The van der Waals surface area contributed by atoms with Crippen LogP contribution >= 0.6 is 11.6 Å². The summed E-state index contributed by atoms with van der Waals surface area (Å²) in [5.74, 6) is 0. The molecule has 3 heteroatoms. The van der Waals surface area contributed by atoms with Crippen molar-refractivity contribution >= 4 is 22.5 Å². The Morgan fingerprint density at radius 2 is 2.12 bits per heavy atom. The normalized spacial score (nSPS) is 11.2. The maximum Gasteiger partial charge on any atom is 0.0524 e. The molecule has 1 aromatic heterocycles. The topological polar surface area (TPSA) is 30.9 Å². The molecule has 0 saturated heterocycles. The van der Waals surface area contributed by atoms with E-state index in [4.69, 9.17) is 17.3 Å². The summed E-state index contributed by atoms with van der Waals surface area (Å²) in [5, 5.41) is 1.98. The molecule has 0 spiro atoms. The molecule has 16 heavy (non-hydrogen) atoms. The van der Waals surface area contributed by atoms with E-state index in [0.29, 0.717) is 0 Å². The Kier molecular flexibility index (Phi) is 3.22. The number of rotatable bonds is 3. The SMILES string of the molecule is Cc1ccc(Cl)c2cc(CCCN)n(C)c12. The second-order valence-electron chi connectivity index (χ2n) is 4.21. The Balaban J connectivity index is 2.58. The van der Waals surface area contributed by atoms with E-state index >= 15 is 0 Å². The number of benzene rings is 1.